The van der Waals surface area contributed by atoms with E-state index in [0.717, 1.165) is 29.7 Å². The zero-order valence-electron chi connectivity index (χ0n) is 11.5. The SMILES string of the molecule is C=C(CC(N)=O)C(=O)Nc1c(CC)cccc1CC. The number of nitrogens with two attached hydrogens (primary N) is 1. The smallest absolute Gasteiger partial charge is 0.251 e. The molecule has 1 rings (SSSR count). The lowest BCUT2D eigenvalue weighted by atomic mass is 10.0. The molecule has 0 saturated carbocycles. The number of primary amides is 1. The number of anilines is 1. The highest BCUT2D eigenvalue weighted by atomic mass is 16.2. The molecule has 0 aromatic heterocycles. The van der Waals surface area contributed by atoms with Gasteiger partial charge in [-0.25, -0.2) is 0 Å². The Morgan fingerprint density at radius 2 is 1.74 bits per heavy atom. The number of rotatable bonds is 6. The molecule has 102 valence electrons. The van der Waals surface area contributed by atoms with Crippen molar-refractivity contribution in [3.63, 3.8) is 0 Å². The first-order chi connectivity index (χ1) is 8.99. The number of carbonyl (C=O) groups is 2. The van der Waals surface area contributed by atoms with Gasteiger partial charge in [-0.15, -0.1) is 0 Å². The number of nitrogens with one attached hydrogen (secondary N) is 1. The molecule has 3 N–H and O–H groups in total. The molecule has 4 heteroatoms. The lowest BCUT2D eigenvalue weighted by Gasteiger charge is -2.14. The zero-order chi connectivity index (χ0) is 14.4. The number of amides is 2. The van der Waals surface area contributed by atoms with Gasteiger partial charge in [0.15, 0.2) is 0 Å². The lowest BCUT2D eigenvalue weighted by Crippen LogP contribution is -2.20. The summed E-state index contributed by atoms with van der Waals surface area (Å²) in [6.45, 7) is 7.65. The molecule has 19 heavy (non-hydrogen) atoms. The summed E-state index contributed by atoms with van der Waals surface area (Å²) in [5.41, 5.74) is 8.20. The Labute approximate surface area is 113 Å². The van der Waals surface area contributed by atoms with E-state index in [9.17, 15) is 9.59 Å². The van der Waals surface area contributed by atoms with Crippen molar-refractivity contribution in [2.75, 3.05) is 5.32 Å². The monoisotopic (exact) mass is 260 g/mol. The van der Waals surface area contributed by atoms with E-state index in [1.54, 1.807) is 0 Å². The summed E-state index contributed by atoms with van der Waals surface area (Å²) in [7, 11) is 0. The molecule has 0 heterocycles. The first-order valence-corrected chi connectivity index (χ1v) is 6.37. The lowest BCUT2D eigenvalue weighted by molar-refractivity contribution is -0.119. The highest BCUT2D eigenvalue weighted by Gasteiger charge is 2.13. The van der Waals surface area contributed by atoms with E-state index < -0.39 is 5.91 Å². The highest BCUT2D eigenvalue weighted by Crippen LogP contribution is 2.23. The van der Waals surface area contributed by atoms with Gasteiger partial charge in [0.2, 0.25) is 5.91 Å². The average Bonchev–Trinajstić information content (AvgIpc) is 2.37. The van der Waals surface area contributed by atoms with E-state index in [1.807, 2.05) is 32.0 Å². The summed E-state index contributed by atoms with van der Waals surface area (Å²) in [6.07, 6.45) is 1.53. The number of para-hydroxylation sites is 1. The van der Waals surface area contributed by atoms with Crippen LogP contribution in [0.2, 0.25) is 0 Å². The van der Waals surface area contributed by atoms with Crippen LogP contribution < -0.4 is 11.1 Å². The van der Waals surface area contributed by atoms with Crippen molar-refractivity contribution in [2.45, 2.75) is 33.1 Å². The molecule has 0 unspecified atom stereocenters. The first kappa shape index (κ1) is 15.0. The molecule has 0 aliphatic heterocycles. The second-order valence-electron chi connectivity index (χ2n) is 4.36. The minimum Gasteiger partial charge on any atom is -0.369 e. The molecular formula is C15H20N2O2. The first-order valence-electron chi connectivity index (χ1n) is 6.37. The van der Waals surface area contributed by atoms with E-state index in [4.69, 9.17) is 5.73 Å². The van der Waals surface area contributed by atoms with Crippen LogP contribution in [0.3, 0.4) is 0 Å². The largest absolute Gasteiger partial charge is 0.369 e. The van der Waals surface area contributed by atoms with Crippen LogP contribution in [0.4, 0.5) is 5.69 Å². The minimum atomic E-state index is -0.556. The Bertz CT molecular complexity index is 485. The molecular weight excluding hydrogens is 240 g/mol. The normalized spacial score (nSPS) is 10.0. The van der Waals surface area contributed by atoms with Crippen LogP contribution in [0, 0.1) is 0 Å². The molecule has 0 spiro atoms. The molecule has 0 atom stereocenters. The van der Waals surface area contributed by atoms with Gasteiger partial charge < -0.3 is 11.1 Å². The summed E-state index contributed by atoms with van der Waals surface area (Å²) in [4.78, 5) is 22.8. The molecule has 0 fully saturated rings. The van der Waals surface area contributed by atoms with Crippen molar-refractivity contribution >= 4 is 17.5 Å². The van der Waals surface area contributed by atoms with Gasteiger partial charge in [-0.2, -0.15) is 0 Å². The van der Waals surface area contributed by atoms with Crippen LogP contribution in [0.25, 0.3) is 0 Å². The summed E-state index contributed by atoms with van der Waals surface area (Å²) >= 11 is 0. The standard InChI is InChI=1S/C15H20N2O2/c1-4-11-7-6-8-12(5-2)14(11)17-15(19)10(3)9-13(16)18/h6-8H,3-5,9H2,1-2H3,(H2,16,18)(H,17,19). The Hall–Kier alpha value is -2.10. The summed E-state index contributed by atoms with van der Waals surface area (Å²) in [5, 5.41) is 2.84. The van der Waals surface area contributed by atoms with Gasteiger partial charge in [0.05, 0.1) is 6.42 Å². The Balaban J connectivity index is 2.95. The van der Waals surface area contributed by atoms with Crippen LogP contribution in [-0.4, -0.2) is 11.8 Å². The van der Waals surface area contributed by atoms with Crippen LogP contribution >= 0.6 is 0 Å². The van der Waals surface area contributed by atoms with Crippen molar-refractivity contribution < 1.29 is 9.59 Å². The number of aryl methyl sites for hydroxylation is 2. The molecule has 0 saturated heterocycles. The third kappa shape index (κ3) is 3.95. The summed E-state index contributed by atoms with van der Waals surface area (Å²) in [5.74, 6) is -0.908. The van der Waals surface area contributed by atoms with Crippen LogP contribution in [-0.2, 0) is 22.4 Å². The summed E-state index contributed by atoms with van der Waals surface area (Å²) < 4.78 is 0. The predicted octanol–water partition coefficient (Wildman–Crippen LogP) is 2.18. The minimum absolute atomic E-state index is 0.123. The maximum atomic E-state index is 12.0. The Morgan fingerprint density at radius 3 is 2.16 bits per heavy atom. The topological polar surface area (TPSA) is 72.2 Å². The molecule has 4 nitrogen and oxygen atoms in total. The van der Waals surface area contributed by atoms with Gasteiger partial charge in [-0.1, -0.05) is 38.6 Å². The van der Waals surface area contributed by atoms with Crippen LogP contribution in [0.1, 0.15) is 31.4 Å². The predicted molar refractivity (Wildman–Crippen MR) is 76.8 cm³/mol. The van der Waals surface area contributed by atoms with E-state index in [1.165, 1.54) is 0 Å². The Morgan fingerprint density at radius 1 is 1.21 bits per heavy atom. The van der Waals surface area contributed by atoms with Crippen molar-refractivity contribution in [2.24, 2.45) is 5.73 Å². The van der Waals surface area contributed by atoms with Crippen molar-refractivity contribution in [3.05, 3.63) is 41.5 Å². The highest BCUT2D eigenvalue weighted by molar-refractivity contribution is 6.06. The van der Waals surface area contributed by atoms with Crippen molar-refractivity contribution in [1.82, 2.24) is 0 Å². The maximum Gasteiger partial charge on any atom is 0.251 e. The van der Waals surface area contributed by atoms with Crippen LogP contribution in [0.15, 0.2) is 30.4 Å². The zero-order valence-corrected chi connectivity index (χ0v) is 11.5. The fraction of sp³-hybridized carbons (Fsp3) is 0.333. The Kier molecular flexibility index (Phi) is 5.30. The van der Waals surface area contributed by atoms with E-state index >= 15 is 0 Å². The molecule has 0 radical (unpaired) electrons. The van der Waals surface area contributed by atoms with Gasteiger partial charge in [-0.05, 0) is 24.0 Å². The molecule has 1 aromatic rings. The molecule has 0 aliphatic carbocycles. The number of carbonyl (C=O) groups excluding carboxylic acids is 2. The molecule has 0 aliphatic rings. The number of hydrogen-bond donors (Lipinski definition) is 2. The van der Waals surface area contributed by atoms with Crippen LogP contribution in [0.5, 0.6) is 0 Å². The van der Waals surface area contributed by atoms with Gasteiger partial charge in [0.1, 0.15) is 0 Å². The van der Waals surface area contributed by atoms with Gasteiger partial charge in [0, 0.05) is 11.3 Å². The van der Waals surface area contributed by atoms with Gasteiger partial charge in [-0.3, -0.25) is 9.59 Å². The van der Waals surface area contributed by atoms with E-state index in [0.29, 0.717) is 0 Å². The third-order valence-electron chi connectivity index (χ3n) is 2.95. The fourth-order valence-electron chi connectivity index (χ4n) is 1.90. The molecule has 0 bridgehead atoms. The quantitative estimate of drug-likeness (QED) is 0.769. The van der Waals surface area contributed by atoms with Crippen molar-refractivity contribution in [1.29, 1.82) is 0 Å². The molecule has 1 aromatic carbocycles. The average molecular weight is 260 g/mol. The second-order valence-corrected chi connectivity index (χ2v) is 4.36. The van der Waals surface area contributed by atoms with E-state index in [2.05, 4.69) is 11.9 Å². The van der Waals surface area contributed by atoms with Gasteiger partial charge >= 0.3 is 0 Å². The fourth-order valence-corrected chi connectivity index (χ4v) is 1.90. The second kappa shape index (κ2) is 6.73. The number of benzene rings is 1. The van der Waals surface area contributed by atoms with E-state index in [-0.39, 0.29) is 17.9 Å². The molecule has 2 amide bonds. The van der Waals surface area contributed by atoms with Crippen molar-refractivity contribution in [3.8, 4) is 0 Å². The summed E-state index contributed by atoms with van der Waals surface area (Å²) in [6, 6.07) is 5.93. The third-order valence-corrected chi connectivity index (χ3v) is 2.95. The van der Waals surface area contributed by atoms with Gasteiger partial charge in [0.25, 0.3) is 5.91 Å². The maximum absolute atomic E-state index is 12.0. The number of hydrogen-bond acceptors (Lipinski definition) is 2.